The smallest absolute Gasteiger partial charge is 0.139 e. The Balaban J connectivity index is 0.000000474. The van der Waals surface area contributed by atoms with Crippen LogP contribution >= 0.6 is 22.9 Å². The fraction of sp³-hybridized carbons (Fsp3) is 0.444. The number of hydrogen-bond donors (Lipinski definition) is 1. The van der Waals surface area contributed by atoms with Crippen molar-refractivity contribution in [1.29, 1.82) is 0 Å². The Hall–Kier alpha value is -2.48. The van der Waals surface area contributed by atoms with Crippen molar-refractivity contribution in [3.8, 4) is 5.75 Å². The molecule has 0 spiro atoms. The molecule has 0 atom stereocenters. The molecule has 3 heterocycles. The van der Waals surface area contributed by atoms with Crippen LogP contribution in [0.5, 0.6) is 5.75 Å². The van der Waals surface area contributed by atoms with Gasteiger partial charge in [-0.15, -0.1) is 11.3 Å². The predicted molar refractivity (Wildman–Crippen MR) is 152 cm³/mol. The number of halogens is 1. The SMILES string of the molecule is CC.CC=N/C=C\C.CCc1nc(NCc2ccc(OC)c(Cl)c2)c2c3c(sc2n1)CN(C)CC3. The molecule has 4 rings (SSSR count). The quantitative estimate of drug-likeness (QED) is 0.353. The van der Waals surface area contributed by atoms with Gasteiger partial charge in [0.15, 0.2) is 0 Å². The number of aromatic nitrogens is 2. The Morgan fingerprint density at radius 3 is 2.63 bits per heavy atom. The number of ether oxygens (including phenoxy) is 1. The van der Waals surface area contributed by atoms with Crippen molar-refractivity contribution in [3.63, 3.8) is 0 Å². The van der Waals surface area contributed by atoms with Gasteiger partial charge >= 0.3 is 0 Å². The highest BCUT2D eigenvalue weighted by atomic mass is 35.5. The number of allylic oxidation sites excluding steroid dienone is 1. The van der Waals surface area contributed by atoms with Gasteiger partial charge in [-0.1, -0.05) is 44.5 Å². The molecule has 0 saturated carbocycles. The first-order chi connectivity index (χ1) is 17.0. The van der Waals surface area contributed by atoms with Crippen molar-refractivity contribution in [2.45, 2.75) is 60.5 Å². The van der Waals surface area contributed by atoms with Gasteiger partial charge in [-0.25, -0.2) is 9.97 Å². The second-order valence-electron chi connectivity index (χ2n) is 7.73. The van der Waals surface area contributed by atoms with Gasteiger partial charge in [0.2, 0.25) is 0 Å². The van der Waals surface area contributed by atoms with Gasteiger partial charge in [-0.05, 0) is 50.6 Å². The van der Waals surface area contributed by atoms with Gasteiger partial charge in [-0.2, -0.15) is 0 Å². The number of aliphatic imine (C=N–C) groups is 1. The van der Waals surface area contributed by atoms with Crippen molar-refractivity contribution >= 4 is 45.2 Å². The van der Waals surface area contributed by atoms with Crippen LogP contribution in [0.25, 0.3) is 10.2 Å². The third kappa shape index (κ3) is 7.75. The number of rotatable bonds is 6. The average Bonchev–Trinajstić information content (AvgIpc) is 3.25. The Kier molecular flexibility index (Phi) is 12.2. The zero-order valence-corrected chi connectivity index (χ0v) is 23.6. The lowest BCUT2D eigenvalue weighted by atomic mass is 10.1. The number of thiophene rings is 1. The van der Waals surface area contributed by atoms with E-state index in [9.17, 15) is 0 Å². The van der Waals surface area contributed by atoms with Crippen LogP contribution in [-0.4, -0.2) is 41.8 Å². The summed E-state index contributed by atoms with van der Waals surface area (Å²) in [6.45, 7) is 12.6. The topological polar surface area (TPSA) is 62.6 Å². The molecule has 3 aromatic rings. The molecule has 0 fully saturated rings. The van der Waals surface area contributed by atoms with Crippen LogP contribution in [0.2, 0.25) is 5.02 Å². The summed E-state index contributed by atoms with van der Waals surface area (Å²) in [5.74, 6) is 2.50. The molecule has 0 aliphatic carbocycles. The van der Waals surface area contributed by atoms with Gasteiger partial charge < -0.3 is 15.0 Å². The molecule has 1 aliphatic rings. The van der Waals surface area contributed by atoms with E-state index in [-0.39, 0.29) is 0 Å². The molecule has 0 saturated heterocycles. The fourth-order valence-electron chi connectivity index (χ4n) is 3.63. The third-order valence-corrected chi connectivity index (χ3v) is 6.72. The Bertz CT molecular complexity index is 1130. The first-order valence-corrected chi connectivity index (χ1v) is 13.3. The standard InChI is InChI=1S/C20H23ClN4OS.C5H9N.C2H6/c1-4-17-23-19(22-10-12-5-6-15(26-3)14(21)9-12)18-13-7-8-25(2)11-16(13)27-20(18)24-17;1-3-5-6-4-2;1-2/h5-6,9H,4,7-8,10-11H2,1-3H3,(H,22,23,24);3-5H,1-2H3;1-2H3/b;5-3-,6-4?;. The van der Waals surface area contributed by atoms with E-state index in [1.165, 1.54) is 15.8 Å². The first-order valence-electron chi connectivity index (χ1n) is 12.2. The second-order valence-corrected chi connectivity index (χ2v) is 9.22. The molecule has 1 aliphatic heterocycles. The van der Waals surface area contributed by atoms with E-state index < -0.39 is 0 Å². The minimum Gasteiger partial charge on any atom is -0.495 e. The van der Waals surface area contributed by atoms with Gasteiger partial charge in [0.1, 0.15) is 22.2 Å². The lowest BCUT2D eigenvalue weighted by molar-refractivity contribution is 0.318. The van der Waals surface area contributed by atoms with E-state index in [4.69, 9.17) is 26.3 Å². The van der Waals surface area contributed by atoms with Crippen LogP contribution in [-0.2, 0) is 25.9 Å². The summed E-state index contributed by atoms with van der Waals surface area (Å²) < 4.78 is 5.24. The Morgan fingerprint density at radius 2 is 2.03 bits per heavy atom. The zero-order chi connectivity index (χ0) is 25.8. The normalized spacial score (nSPS) is 13.3. The van der Waals surface area contributed by atoms with E-state index in [2.05, 4.69) is 29.2 Å². The molecule has 2 aromatic heterocycles. The highest BCUT2D eigenvalue weighted by Gasteiger charge is 2.22. The molecule has 190 valence electrons. The summed E-state index contributed by atoms with van der Waals surface area (Å²) in [4.78, 5) is 18.2. The van der Waals surface area contributed by atoms with Crippen LogP contribution in [0.1, 0.15) is 56.4 Å². The number of anilines is 1. The van der Waals surface area contributed by atoms with E-state index in [0.29, 0.717) is 17.3 Å². The minimum atomic E-state index is 0.620. The number of nitrogens with zero attached hydrogens (tertiary/aromatic N) is 4. The molecule has 6 nitrogen and oxygen atoms in total. The summed E-state index contributed by atoms with van der Waals surface area (Å²) in [7, 11) is 3.79. The van der Waals surface area contributed by atoms with Crippen LogP contribution in [0.4, 0.5) is 5.82 Å². The highest BCUT2D eigenvalue weighted by molar-refractivity contribution is 7.19. The maximum absolute atomic E-state index is 6.26. The largest absolute Gasteiger partial charge is 0.495 e. The number of fused-ring (bicyclic) bond motifs is 3. The lowest BCUT2D eigenvalue weighted by Gasteiger charge is -2.22. The first kappa shape index (κ1) is 28.8. The molecule has 0 unspecified atom stereocenters. The minimum absolute atomic E-state index is 0.620. The summed E-state index contributed by atoms with van der Waals surface area (Å²) in [6, 6.07) is 5.86. The summed E-state index contributed by atoms with van der Waals surface area (Å²) in [5, 5.41) is 5.35. The molecule has 35 heavy (non-hydrogen) atoms. The van der Waals surface area contributed by atoms with Crippen molar-refractivity contribution in [3.05, 3.63) is 57.3 Å². The second kappa shape index (κ2) is 14.8. The van der Waals surface area contributed by atoms with Crippen LogP contribution in [0, 0.1) is 0 Å². The predicted octanol–water partition coefficient (Wildman–Crippen LogP) is 7.15. The van der Waals surface area contributed by atoms with E-state index in [0.717, 1.165) is 48.0 Å². The molecular weight excluding hydrogens is 478 g/mol. The lowest BCUT2D eigenvalue weighted by Crippen LogP contribution is -2.25. The van der Waals surface area contributed by atoms with Gasteiger partial charge in [0.05, 0.1) is 17.5 Å². The number of hydrogen-bond acceptors (Lipinski definition) is 7. The van der Waals surface area contributed by atoms with Gasteiger partial charge in [-0.3, -0.25) is 4.99 Å². The van der Waals surface area contributed by atoms with Crippen molar-refractivity contribution in [2.75, 3.05) is 26.0 Å². The molecule has 0 radical (unpaired) electrons. The molecule has 0 bridgehead atoms. The maximum atomic E-state index is 6.26. The number of methoxy groups -OCH3 is 1. The van der Waals surface area contributed by atoms with E-state index in [1.54, 1.807) is 30.9 Å². The average molecular weight is 516 g/mol. The molecular formula is C27H38ClN5OS. The maximum Gasteiger partial charge on any atom is 0.139 e. The summed E-state index contributed by atoms with van der Waals surface area (Å²) in [6.07, 6.45) is 7.26. The molecule has 1 aromatic carbocycles. The number of aryl methyl sites for hydroxylation is 1. The third-order valence-electron chi connectivity index (χ3n) is 5.31. The Morgan fingerprint density at radius 1 is 1.26 bits per heavy atom. The fourth-order valence-corrected chi connectivity index (χ4v) is 5.23. The van der Waals surface area contributed by atoms with Crippen LogP contribution in [0.3, 0.4) is 0 Å². The number of likely N-dealkylation sites (N-methyl/N-ethyl adjacent to an activating group) is 1. The summed E-state index contributed by atoms with van der Waals surface area (Å²) >= 11 is 8.07. The van der Waals surface area contributed by atoms with Crippen LogP contribution in [0.15, 0.2) is 35.5 Å². The number of nitrogens with one attached hydrogen (secondary N) is 1. The van der Waals surface area contributed by atoms with Gasteiger partial charge in [0, 0.05) is 43.3 Å². The van der Waals surface area contributed by atoms with Gasteiger partial charge in [0.25, 0.3) is 0 Å². The molecule has 8 heteroatoms. The van der Waals surface area contributed by atoms with E-state index in [1.807, 2.05) is 52.0 Å². The Labute approximate surface area is 219 Å². The zero-order valence-electron chi connectivity index (χ0n) is 22.0. The van der Waals surface area contributed by atoms with Crippen molar-refractivity contribution in [2.24, 2.45) is 4.99 Å². The molecule has 1 N–H and O–H groups in total. The summed E-state index contributed by atoms with van der Waals surface area (Å²) in [5.41, 5.74) is 2.50. The van der Waals surface area contributed by atoms with E-state index >= 15 is 0 Å². The highest BCUT2D eigenvalue weighted by Crippen LogP contribution is 2.37. The monoisotopic (exact) mass is 515 g/mol. The van der Waals surface area contributed by atoms with Crippen molar-refractivity contribution in [1.82, 2.24) is 14.9 Å². The number of benzene rings is 1. The van der Waals surface area contributed by atoms with Crippen molar-refractivity contribution < 1.29 is 4.74 Å². The van der Waals surface area contributed by atoms with Crippen LogP contribution < -0.4 is 10.1 Å². The molecule has 0 amide bonds.